The van der Waals surface area contributed by atoms with Crippen molar-refractivity contribution in [2.45, 2.75) is 32.4 Å². The molecular formula is C21H32ClN3O4. The largest absolute Gasteiger partial charge is 0.493 e. The third-order valence-electron chi connectivity index (χ3n) is 5.75. The van der Waals surface area contributed by atoms with E-state index in [1.54, 1.807) is 20.3 Å². The van der Waals surface area contributed by atoms with Crippen molar-refractivity contribution in [2.24, 2.45) is 0 Å². The Morgan fingerprint density at radius 3 is 2.55 bits per heavy atom. The summed E-state index contributed by atoms with van der Waals surface area (Å²) in [5.41, 5.74) is 1.05. The van der Waals surface area contributed by atoms with Crippen molar-refractivity contribution in [3.63, 3.8) is 0 Å². The first-order chi connectivity index (χ1) is 14.0. The van der Waals surface area contributed by atoms with Crippen molar-refractivity contribution in [1.29, 1.82) is 0 Å². The lowest BCUT2D eigenvalue weighted by molar-refractivity contribution is 0.0411. The molecule has 0 spiro atoms. The predicted molar refractivity (Wildman–Crippen MR) is 113 cm³/mol. The lowest BCUT2D eigenvalue weighted by atomic mass is 10.0. The summed E-state index contributed by atoms with van der Waals surface area (Å²) < 4.78 is 16.1. The molecule has 1 unspecified atom stereocenters. The van der Waals surface area contributed by atoms with Crippen LogP contribution in [0.25, 0.3) is 0 Å². The molecule has 1 atom stereocenters. The van der Waals surface area contributed by atoms with Gasteiger partial charge in [0.1, 0.15) is 0 Å². The zero-order valence-electron chi connectivity index (χ0n) is 17.7. The number of hydrogen-bond donors (Lipinski definition) is 0. The Morgan fingerprint density at radius 2 is 1.90 bits per heavy atom. The number of halogens is 1. The maximum atomic E-state index is 11.9. The van der Waals surface area contributed by atoms with Crippen molar-refractivity contribution in [3.8, 4) is 11.5 Å². The molecule has 2 fully saturated rings. The highest BCUT2D eigenvalue weighted by Crippen LogP contribution is 2.35. The van der Waals surface area contributed by atoms with Crippen LogP contribution in [0.3, 0.4) is 0 Å². The molecule has 0 aliphatic carbocycles. The highest BCUT2D eigenvalue weighted by molar-refractivity contribution is 6.30. The summed E-state index contributed by atoms with van der Waals surface area (Å²) >= 11 is 6.28. The molecule has 2 aliphatic heterocycles. The lowest BCUT2D eigenvalue weighted by Crippen LogP contribution is -2.55. The number of carbonyl (C=O) groups excluding carboxylic acids is 1. The Balaban J connectivity index is 1.59. The van der Waals surface area contributed by atoms with E-state index in [0.29, 0.717) is 23.4 Å². The molecule has 8 heteroatoms. The quantitative estimate of drug-likeness (QED) is 0.698. The Bertz CT molecular complexity index is 695. The van der Waals surface area contributed by atoms with E-state index in [0.717, 1.165) is 63.5 Å². The topological polar surface area (TPSA) is 54.5 Å². The number of nitrogens with zero attached hydrogens (tertiary/aromatic N) is 3. The van der Waals surface area contributed by atoms with E-state index in [1.807, 2.05) is 17.9 Å². The molecule has 2 heterocycles. The monoisotopic (exact) mass is 425 g/mol. The van der Waals surface area contributed by atoms with E-state index < -0.39 is 0 Å². The van der Waals surface area contributed by atoms with Gasteiger partial charge in [-0.05, 0) is 32.4 Å². The summed E-state index contributed by atoms with van der Waals surface area (Å²) in [7, 11) is 3.29. The van der Waals surface area contributed by atoms with Crippen LogP contribution < -0.4 is 9.47 Å². The fourth-order valence-electron chi connectivity index (χ4n) is 4.32. The zero-order valence-corrected chi connectivity index (χ0v) is 18.4. The van der Waals surface area contributed by atoms with Crippen molar-refractivity contribution in [2.75, 3.05) is 60.1 Å². The normalized spacial score (nSPS) is 21.1. The van der Waals surface area contributed by atoms with Gasteiger partial charge in [-0.25, -0.2) is 4.79 Å². The van der Waals surface area contributed by atoms with Gasteiger partial charge >= 0.3 is 6.09 Å². The number of benzene rings is 1. The van der Waals surface area contributed by atoms with Gasteiger partial charge < -0.3 is 19.1 Å². The van der Waals surface area contributed by atoms with Crippen LogP contribution >= 0.6 is 11.6 Å². The molecule has 1 aromatic rings. The fourth-order valence-corrected chi connectivity index (χ4v) is 4.55. The third-order valence-corrected chi connectivity index (χ3v) is 5.97. The predicted octanol–water partition coefficient (Wildman–Crippen LogP) is 3.10. The number of rotatable bonds is 6. The standard InChI is InChI=1S/C21H32ClN3O4/c1-4-29-21(26)25-10-8-24(9-11-25)18-6-5-7-23(15-18)14-16-12-17(22)13-19(27-2)20(16)28-3/h12-13,18H,4-11,14-15H2,1-3H3. The van der Waals surface area contributed by atoms with Gasteiger partial charge in [0.25, 0.3) is 0 Å². The van der Waals surface area contributed by atoms with E-state index in [2.05, 4.69) is 9.80 Å². The Labute approximate surface area is 178 Å². The number of amides is 1. The minimum Gasteiger partial charge on any atom is -0.493 e. The number of hydrogen-bond acceptors (Lipinski definition) is 6. The van der Waals surface area contributed by atoms with Crippen LogP contribution in [-0.2, 0) is 11.3 Å². The first kappa shape index (κ1) is 22.0. The van der Waals surface area contributed by atoms with Crippen LogP contribution in [0.2, 0.25) is 5.02 Å². The summed E-state index contributed by atoms with van der Waals surface area (Å²) in [6, 6.07) is 4.25. The van der Waals surface area contributed by atoms with Crippen molar-refractivity contribution in [3.05, 3.63) is 22.7 Å². The van der Waals surface area contributed by atoms with Gasteiger partial charge in [0.2, 0.25) is 0 Å². The molecule has 0 saturated carbocycles. The molecule has 0 radical (unpaired) electrons. The van der Waals surface area contributed by atoms with Crippen molar-refractivity contribution in [1.82, 2.24) is 14.7 Å². The molecule has 1 amide bonds. The second-order valence-corrected chi connectivity index (χ2v) is 7.99. The molecule has 2 saturated heterocycles. The average molecular weight is 426 g/mol. The Morgan fingerprint density at radius 1 is 1.14 bits per heavy atom. The van der Waals surface area contributed by atoms with Gasteiger partial charge in [0.05, 0.1) is 20.8 Å². The van der Waals surface area contributed by atoms with Crippen LogP contribution in [0.5, 0.6) is 11.5 Å². The van der Waals surface area contributed by atoms with Gasteiger partial charge in [-0.3, -0.25) is 9.80 Å². The molecule has 0 bridgehead atoms. The Hall–Kier alpha value is -1.70. The number of ether oxygens (including phenoxy) is 3. The molecule has 2 aliphatic rings. The second-order valence-electron chi connectivity index (χ2n) is 7.55. The maximum Gasteiger partial charge on any atom is 0.409 e. The molecule has 7 nitrogen and oxygen atoms in total. The molecule has 3 rings (SSSR count). The Kier molecular flexibility index (Phi) is 7.86. The number of piperidine rings is 1. The van der Waals surface area contributed by atoms with E-state index in [1.165, 1.54) is 6.42 Å². The molecular weight excluding hydrogens is 394 g/mol. The zero-order chi connectivity index (χ0) is 20.8. The number of piperazine rings is 1. The first-order valence-electron chi connectivity index (χ1n) is 10.3. The van der Waals surface area contributed by atoms with E-state index in [-0.39, 0.29) is 6.09 Å². The molecule has 29 heavy (non-hydrogen) atoms. The summed E-state index contributed by atoms with van der Waals surface area (Å²) in [4.78, 5) is 18.7. The van der Waals surface area contributed by atoms with Gasteiger partial charge in [-0.2, -0.15) is 0 Å². The summed E-state index contributed by atoms with van der Waals surface area (Å²) in [6.07, 6.45) is 2.15. The molecule has 162 valence electrons. The fraction of sp³-hybridized carbons (Fsp3) is 0.667. The SMILES string of the molecule is CCOC(=O)N1CCN(C2CCCN(Cc3cc(Cl)cc(OC)c3OC)C2)CC1. The highest BCUT2D eigenvalue weighted by atomic mass is 35.5. The van der Waals surface area contributed by atoms with Crippen LogP contribution in [0.4, 0.5) is 4.79 Å². The van der Waals surface area contributed by atoms with Crippen molar-refractivity contribution >= 4 is 17.7 Å². The van der Waals surface area contributed by atoms with Gasteiger partial charge in [-0.1, -0.05) is 11.6 Å². The van der Waals surface area contributed by atoms with Crippen LogP contribution in [0.15, 0.2) is 12.1 Å². The van der Waals surface area contributed by atoms with E-state index in [9.17, 15) is 4.79 Å². The second kappa shape index (κ2) is 10.4. The summed E-state index contributed by atoms with van der Waals surface area (Å²) in [5, 5.41) is 0.654. The van der Waals surface area contributed by atoms with Gasteiger partial charge in [-0.15, -0.1) is 0 Å². The number of carbonyl (C=O) groups is 1. The van der Waals surface area contributed by atoms with Gasteiger partial charge in [0.15, 0.2) is 11.5 Å². The van der Waals surface area contributed by atoms with E-state index in [4.69, 9.17) is 25.8 Å². The number of likely N-dealkylation sites (tertiary alicyclic amines) is 1. The molecule has 0 aromatic heterocycles. The molecule has 0 N–H and O–H groups in total. The van der Waals surface area contributed by atoms with Crippen LogP contribution in [-0.4, -0.2) is 86.9 Å². The maximum absolute atomic E-state index is 11.9. The van der Waals surface area contributed by atoms with Gasteiger partial charge in [0, 0.05) is 62.0 Å². The smallest absolute Gasteiger partial charge is 0.409 e. The number of methoxy groups -OCH3 is 2. The lowest BCUT2D eigenvalue weighted by Gasteiger charge is -2.43. The molecule has 1 aromatic carbocycles. The summed E-state index contributed by atoms with van der Waals surface area (Å²) in [5.74, 6) is 1.42. The minimum absolute atomic E-state index is 0.195. The van der Waals surface area contributed by atoms with Crippen molar-refractivity contribution < 1.29 is 19.0 Å². The van der Waals surface area contributed by atoms with E-state index >= 15 is 0 Å². The first-order valence-corrected chi connectivity index (χ1v) is 10.7. The third kappa shape index (κ3) is 5.47. The van der Waals surface area contributed by atoms with Crippen LogP contribution in [0, 0.1) is 0 Å². The summed E-state index contributed by atoms with van der Waals surface area (Å²) in [6.45, 7) is 8.35. The average Bonchev–Trinajstić information content (AvgIpc) is 2.74. The highest BCUT2D eigenvalue weighted by Gasteiger charge is 2.30. The van der Waals surface area contributed by atoms with Crippen LogP contribution in [0.1, 0.15) is 25.3 Å². The minimum atomic E-state index is -0.195.